The van der Waals surface area contributed by atoms with Crippen LogP contribution in [0.15, 0.2) is 24.9 Å². The van der Waals surface area contributed by atoms with Gasteiger partial charge in [0.25, 0.3) is 0 Å². The van der Waals surface area contributed by atoms with Crippen molar-refractivity contribution in [2.45, 2.75) is 51.5 Å². The van der Waals surface area contributed by atoms with Crippen LogP contribution >= 0.6 is 0 Å². The van der Waals surface area contributed by atoms with E-state index in [1.807, 2.05) is 22.9 Å². The highest BCUT2D eigenvalue weighted by molar-refractivity contribution is 5.66. The van der Waals surface area contributed by atoms with Crippen molar-refractivity contribution in [1.82, 2.24) is 4.57 Å². The van der Waals surface area contributed by atoms with Crippen LogP contribution < -0.4 is 0 Å². The topological polar surface area (TPSA) is 40.5 Å². The number of nitrogens with zero attached hydrogens (tertiary/aromatic N) is 1. The lowest BCUT2D eigenvalue weighted by atomic mass is 10.0. The van der Waals surface area contributed by atoms with E-state index in [9.17, 15) is 4.79 Å². The number of aromatic nitrogens is 1. The van der Waals surface area contributed by atoms with Crippen molar-refractivity contribution in [3.8, 4) is 0 Å². The molecule has 3 atom stereocenters. The van der Waals surface area contributed by atoms with Gasteiger partial charge in [-0.15, -0.1) is 0 Å². The van der Waals surface area contributed by atoms with Gasteiger partial charge in [0.15, 0.2) is 0 Å². The van der Waals surface area contributed by atoms with E-state index >= 15 is 0 Å². The van der Waals surface area contributed by atoms with Gasteiger partial charge in [-0.3, -0.25) is 4.79 Å². The van der Waals surface area contributed by atoms with Crippen LogP contribution in [0.25, 0.3) is 6.08 Å². The van der Waals surface area contributed by atoms with Crippen LogP contribution in [0.4, 0.5) is 0 Å². The molecule has 0 spiro atoms. The molecule has 0 aliphatic carbocycles. The fourth-order valence-corrected chi connectivity index (χ4v) is 2.56. The van der Waals surface area contributed by atoms with Gasteiger partial charge in [0, 0.05) is 31.7 Å². The third-order valence-corrected chi connectivity index (χ3v) is 3.46. The van der Waals surface area contributed by atoms with Crippen LogP contribution in [0.1, 0.15) is 45.0 Å². The Balaban J connectivity index is 2.15. The van der Waals surface area contributed by atoms with Gasteiger partial charge in [-0.1, -0.05) is 13.5 Å². The molecule has 1 saturated heterocycles. The van der Waals surface area contributed by atoms with E-state index in [0.29, 0.717) is 6.42 Å². The first-order valence-electron chi connectivity index (χ1n) is 6.76. The minimum Gasteiger partial charge on any atom is -0.462 e. The van der Waals surface area contributed by atoms with Crippen LogP contribution in [0.5, 0.6) is 0 Å². The summed E-state index contributed by atoms with van der Waals surface area (Å²) in [7, 11) is 0. The molecule has 0 amide bonds. The van der Waals surface area contributed by atoms with Crippen LogP contribution in [0.2, 0.25) is 0 Å². The Morgan fingerprint density at radius 1 is 1.63 bits per heavy atom. The van der Waals surface area contributed by atoms with E-state index in [1.54, 1.807) is 6.08 Å². The predicted molar refractivity (Wildman–Crippen MR) is 73.5 cm³/mol. The molecule has 1 aromatic heterocycles. The molecule has 1 fully saturated rings. The monoisotopic (exact) mass is 263 g/mol. The van der Waals surface area contributed by atoms with Gasteiger partial charge in [-0.25, -0.2) is 0 Å². The Labute approximate surface area is 114 Å². The summed E-state index contributed by atoms with van der Waals surface area (Å²) >= 11 is 0. The molecule has 0 saturated carbocycles. The first-order valence-corrected chi connectivity index (χ1v) is 6.76. The minimum atomic E-state index is -0.225. The number of hydrogen-bond acceptors (Lipinski definition) is 3. The number of esters is 1. The van der Waals surface area contributed by atoms with Gasteiger partial charge in [-0.2, -0.15) is 0 Å². The molecule has 0 unspecified atom stereocenters. The minimum absolute atomic E-state index is 0.0683. The summed E-state index contributed by atoms with van der Waals surface area (Å²) in [6.07, 6.45) is 6.13. The lowest BCUT2D eigenvalue weighted by molar-refractivity contribution is -0.167. The molecule has 0 aromatic carbocycles. The molecule has 2 heterocycles. The van der Waals surface area contributed by atoms with Gasteiger partial charge < -0.3 is 14.0 Å². The standard InChI is InChI=1S/C15H21NO3/c1-4-12-7-6-8-16(12)15-10-14(18-11(3)17)9-13(5-2)19-15/h4,6-8,13-15H,1,5,9-10H2,2-3H3/t13-,14+,15-/m1/s1. The first-order chi connectivity index (χ1) is 9.13. The average molecular weight is 263 g/mol. The fraction of sp³-hybridized carbons (Fsp3) is 0.533. The maximum absolute atomic E-state index is 11.1. The molecule has 1 aliphatic rings. The summed E-state index contributed by atoms with van der Waals surface area (Å²) in [5.74, 6) is -0.225. The zero-order valence-corrected chi connectivity index (χ0v) is 11.5. The summed E-state index contributed by atoms with van der Waals surface area (Å²) in [6.45, 7) is 7.34. The highest BCUT2D eigenvalue weighted by Crippen LogP contribution is 2.31. The molecule has 104 valence electrons. The second-order valence-corrected chi connectivity index (χ2v) is 4.87. The van der Waals surface area contributed by atoms with Crippen molar-refractivity contribution in [2.24, 2.45) is 0 Å². The Hall–Kier alpha value is -1.55. The Morgan fingerprint density at radius 2 is 2.42 bits per heavy atom. The van der Waals surface area contributed by atoms with Crippen molar-refractivity contribution < 1.29 is 14.3 Å². The molecule has 1 aromatic rings. The van der Waals surface area contributed by atoms with E-state index in [1.165, 1.54) is 6.92 Å². The summed E-state index contributed by atoms with van der Waals surface area (Å²) in [4.78, 5) is 11.1. The zero-order chi connectivity index (χ0) is 13.8. The van der Waals surface area contributed by atoms with Gasteiger partial charge in [-0.05, 0) is 24.6 Å². The second kappa shape index (κ2) is 6.06. The summed E-state index contributed by atoms with van der Waals surface area (Å²) in [6, 6.07) is 3.96. The lowest BCUT2D eigenvalue weighted by Gasteiger charge is -2.35. The van der Waals surface area contributed by atoms with E-state index in [2.05, 4.69) is 13.5 Å². The quantitative estimate of drug-likeness (QED) is 0.783. The van der Waals surface area contributed by atoms with Crippen LogP contribution in [0, 0.1) is 0 Å². The number of carbonyl (C=O) groups excluding carboxylic acids is 1. The Kier molecular flexibility index (Phi) is 4.43. The van der Waals surface area contributed by atoms with Crippen molar-refractivity contribution in [3.05, 3.63) is 30.6 Å². The van der Waals surface area contributed by atoms with Crippen LogP contribution in [-0.4, -0.2) is 22.7 Å². The first kappa shape index (κ1) is 13.9. The third-order valence-electron chi connectivity index (χ3n) is 3.46. The van der Waals surface area contributed by atoms with Crippen molar-refractivity contribution in [1.29, 1.82) is 0 Å². The number of hydrogen-bond donors (Lipinski definition) is 0. The molecule has 0 bridgehead atoms. The number of rotatable bonds is 4. The summed E-state index contributed by atoms with van der Waals surface area (Å²) in [5.41, 5.74) is 1.02. The molecule has 0 N–H and O–H groups in total. The van der Waals surface area contributed by atoms with Gasteiger partial charge in [0.05, 0.1) is 6.10 Å². The summed E-state index contributed by atoms with van der Waals surface area (Å²) in [5, 5.41) is 0. The van der Waals surface area contributed by atoms with Gasteiger partial charge in [0.2, 0.25) is 0 Å². The molecule has 19 heavy (non-hydrogen) atoms. The van der Waals surface area contributed by atoms with Gasteiger partial charge in [0.1, 0.15) is 12.3 Å². The number of carbonyl (C=O) groups is 1. The smallest absolute Gasteiger partial charge is 0.302 e. The Morgan fingerprint density at radius 3 is 3.05 bits per heavy atom. The van der Waals surface area contributed by atoms with E-state index in [-0.39, 0.29) is 24.4 Å². The fourth-order valence-electron chi connectivity index (χ4n) is 2.56. The van der Waals surface area contributed by atoms with Gasteiger partial charge >= 0.3 is 5.97 Å². The molecule has 4 nitrogen and oxygen atoms in total. The maximum Gasteiger partial charge on any atom is 0.302 e. The van der Waals surface area contributed by atoms with E-state index in [0.717, 1.165) is 18.5 Å². The average Bonchev–Trinajstić information content (AvgIpc) is 2.85. The molecule has 2 rings (SSSR count). The van der Waals surface area contributed by atoms with E-state index < -0.39 is 0 Å². The molecule has 4 heteroatoms. The number of ether oxygens (including phenoxy) is 2. The van der Waals surface area contributed by atoms with Crippen molar-refractivity contribution in [3.63, 3.8) is 0 Å². The van der Waals surface area contributed by atoms with Crippen molar-refractivity contribution in [2.75, 3.05) is 0 Å². The molecule has 1 aliphatic heterocycles. The zero-order valence-electron chi connectivity index (χ0n) is 11.5. The SMILES string of the molecule is C=Cc1cccn1[C@H]1C[C@@H](OC(C)=O)C[C@@H](CC)O1. The largest absolute Gasteiger partial charge is 0.462 e. The molecular formula is C15H21NO3. The predicted octanol–water partition coefficient (Wildman–Crippen LogP) is 3.15. The van der Waals surface area contributed by atoms with E-state index in [4.69, 9.17) is 9.47 Å². The molecular weight excluding hydrogens is 242 g/mol. The second-order valence-electron chi connectivity index (χ2n) is 4.87. The normalized spacial score (nSPS) is 26.9. The summed E-state index contributed by atoms with van der Waals surface area (Å²) < 4.78 is 13.5. The highest BCUT2D eigenvalue weighted by atomic mass is 16.6. The molecule has 0 radical (unpaired) electrons. The highest BCUT2D eigenvalue weighted by Gasteiger charge is 2.31. The van der Waals surface area contributed by atoms with Crippen LogP contribution in [0.3, 0.4) is 0 Å². The third kappa shape index (κ3) is 3.26. The lowest BCUT2D eigenvalue weighted by Crippen LogP contribution is -2.36. The van der Waals surface area contributed by atoms with Crippen molar-refractivity contribution >= 4 is 12.0 Å². The Bertz CT molecular complexity index is 452. The van der Waals surface area contributed by atoms with Crippen LogP contribution in [-0.2, 0) is 14.3 Å². The maximum atomic E-state index is 11.1.